The second kappa shape index (κ2) is 8.58. The van der Waals surface area contributed by atoms with Gasteiger partial charge in [-0.3, -0.25) is 4.90 Å². The number of aromatic nitrogens is 2. The summed E-state index contributed by atoms with van der Waals surface area (Å²) in [5, 5.41) is 8.42. The van der Waals surface area contributed by atoms with Gasteiger partial charge in [-0.2, -0.15) is 0 Å². The molecule has 1 aliphatic rings. The first-order valence-corrected chi connectivity index (χ1v) is 9.95. The molecule has 2 heterocycles. The lowest BCUT2D eigenvalue weighted by atomic mass is 10.1. The van der Waals surface area contributed by atoms with Crippen molar-refractivity contribution >= 4 is 5.69 Å². The number of anilines is 1. The van der Waals surface area contributed by atoms with Gasteiger partial charge in [0.15, 0.2) is 0 Å². The minimum absolute atomic E-state index is 0.0944. The van der Waals surface area contributed by atoms with E-state index in [-0.39, 0.29) is 11.7 Å². The number of hydrogen-bond acceptors (Lipinski definition) is 6. The topological polar surface area (TPSA) is 54.6 Å². The summed E-state index contributed by atoms with van der Waals surface area (Å²) in [6.07, 6.45) is -3.85. The summed E-state index contributed by atoms with van der Waals surface area (Å²) in [7, 11) is 3.95. The summed E-state index contributed by atoms with van der Waals surface area (Å²) in [6, 6.07) is 14.0. The van der Waals surface area contributed by atoms with E-state index in [0.29, 0.717) is 24.9 Å². The van der Waals surface area contributed by atoms with Crippen molar-refractivity contribution in [3.63, 3.8) is 0 Å². The van der Waals surface area contributed by atoms with Gasteiger partial charge in [-0.1, -0.05) is 12.1 Å². The van der Waals surface area contributed by atoms with Gasteiger partial charge < -0.3 is 14.1 Å². The van der Waals surface area contributed by atoms with Crippen LogP contribution in [-0.2, 0) is 6.54 Å². The highest BCUT2D eigenvalue weighted by Crippen LogP contribution is 2.31. The number of hydrogen-bond donors (Lipinski definition) is 0. The standard InChI is InChI=1S/C22H23F3N4O2/c1-28(2)18-8-6-16(7-9-18)20-26-27-21(30-20)17-10-11-29(14-17)13-15-4-3-5-19(12-15)31-22(23,24)25/h3-9,12,17H,10-11,13-14H2,1-2H3. The molecule has 2 aromatic carbocycles. The van der Waals surface area contributed by atoms with Gasteiger partial charge in [0.05, 0.1) is 5.92 Å². The van der Waals surface area contributed by atoms with E-state index in [1.807, 2.05) is 43.3 Å². The molecule has 1 fully saturated rings. The molecule has 9 heteroatoms. The molecule has 0 spiro atoms. The van der Waals surface area contributed by atoms with E-state index in [1.54, 1.807) is 12.1 Å². The van der Waals surface area contributed by atoms with E-state index in [9.17, 15) is 13.2 Å². The monoisotopic (exact) mass is 432 g/mol. The number of nitrogens with zero attached hydrogens (tertiary/aromatic N) is 4. The zero-order valence-corrected chi connectivity index (χ0v) is 17.3. The first-order chi connectivity index (χ1) is 14.8. The molecule has 3 aromatic rings. The molecule has 0 amide bonds. The van der Waals surface area contributed by atoms with Crippen LogP contribution in [0.5, 0.6) is 5.75 Å². The van der Waals surface area contributed by atoms with Gasteiger partial charge in [-0.05, 0) is 54.9 Å². The smallest absolute Gasteiger partial charge is 0.420 e. The number of halogens is 3. The average molecular weight is 432 g/mol. The van der Waals surface area contributed by atoms with Gasteiger partial charge in [0, 0.05) is 38.4 Å². The first kappa shape index (κ1) is 21.2. The van der Waals surface area contributed by atoms with Crippen molar-refractivity contribution in [3.05, 3.63) is 60.0 Å². The first-order valence-electron chi connectivity index (χ1n) is 9.95. The summed E-state index contributed by atoms with van der Waals surface area (Å²) in [6.45, 7) is 2.02. The number of alkyl halides is 3. The Balaban J connectivity index is 1.38. The Morgan fingerprint density at radius 2 is 1.90 bits per heavy atom. The Labute approximate surface area is 178 Å². The lowest BCUT2D eigenvalue weighted by Crippen LogP contribution is -2.20. The Kier molecular flexibility index (Phi) is 5.86. The van der Waals surface area contributed by atoms with Crippen molar-refractivity contribution in [2.75, 3.05) is 32.1 Å². The number of ether oxygens (including phenoxy) is 1. The molecule has 1 saturated heterocycles. The molecule has 0 saturated carbocycles. The molecule has 0 aliphatic carbocycles. The van der Waals surface area contributed by atoms with Crippen LogP contribution < -0.4 is 9.64 Å². The highest BCUT2D eigenvalue weighted by atomic mass is 19.4. The highest BCUT2D eigenvalue weighted by molar-refractivity contribution is 5.58. The normalized spacial score (nSPS) is 17.1. The second-order valence-electron chi connectivity index (χ2n) is 7.80. The van der Waals surface area contributed by atoms with Crippen LogP contribution in [0, 0.1) is 0 Å². The fraction of sp³-hybridized carbons (Fsp3) is 0.364. The van der Waals surface area contributed by atoms with Crippen LogP contribution >= 0.6 is 0 Å². The molecule has 0 bridgehead atoms. The van der Waals surface area contributed by atoms with Gasteiger partial charge in [0.1, 0.15) is 5.75 Å². The largest absolute Gasteiger partial charge is 0.573 e. The maximum absolute atomic E-state index is 12.4. The maximum Gasteiger partial charge on any atom is 0.573 e. The van der Waals surface area contributed by atoms with Gasteiger partial charge in [-0.25, -0.2) is 0 Å². The van der Waals surface area contributed by atoms with E-state index >= 15 is 0 Å². The summed E-state index contributed by atoms with van der Waals surface area (Å²) < 4.78 is 47.2. The molecular formula is C22H23F3N4O2. The fourth-order valence-electron chi connectivity index (χ4n) is 3.70. The number of rotatable bonds is 6. The molecular weight excluding hydrogens is 409 g/mol. The predicted octanol–water partition coefficient (Wildman–Crippen LogP) is 4.69. The molecule has 1 unspecified atom stereocenters. The minimum atomic E-state index is -4.69. The van der Waals surface area contributed by atoms with Crippen molar-refractivity contribution in [1.82, 2.24) is 15.1 Å². The molecule has 1 aliphatic heterocycles. The van der Waals surface area contributed by atoms with Crippen LogP contribution in [0.2, 0.25) is 0 Å². The summed E-state index contributed by atoms with van der Waals surface area (Å²) in [4.78, 5) is 4.17. The lowest BCUT2D eigenvalue weighted by Gasteiger charge is -2.16. The summed E-state index contributed by atoms with van der Waals surface area (Å²) in [5.41, 5.74) is 2.70. The van der Waals surface area contributed by atoms with Crippen LogP contribution in [0.1, 0.15) is 23.8 Å². The lowest BCUT2D eigenvalue weighted by molar-refractivity contribution is -0.274. The van der Waals surface area contributed by atoms with E-state index in [1.165, 1.54) is 12.1 Å². The van der Waals surface area contributed by atoms with Crippen molar-refractivity contribution in [1.29, 1.82) is 0 Å². The third-order valence-corrected chi connectivity index (χ3v) is 5.23. The highest BCUT2D eigenvalue weighted by Gasteiger charge is 2.31. The molecule has 6 nitrogen and oxygen atoms in total. The van der Waals surface area contributed by atoms with Gasteiger partial charge in [0.25, 0.3) is 0 Å². The van der Waals surface area contributed by atoms with Crippen molar-refractivity contribution < 1.29 is 22.3 Å². The van der Waals surface area contributed by atoms with Crippen molar-refractivity contribution in [2.24, 2.45) is 0 Å². The molecule has 1 aromatic heterocycles. The zero-order valence-electron chi connectivity index (χ0n) is 17.3. The Morgan fingerprint density at radius 3 is 2.61 bits per heavy atom. The molecule has 4 rings (SSSR count). The van der Waals surface area contributed by atoms with Crippen molar-refractivity contribution in [2.45, 2.75) is 25.2 Å². The second-order valence-corrected chi connectivity index (χ2v) is 7.80. The molecule has 0 radical (unpaired) electrons. The van der Waals surface area contributed by atoms with Gasteiger partial charge in [0.2, 0.25) is 11.8 Å². The molecule has 1 atom stereocenters. The Hall–Kier alpha value is -3.07. The van der Waals surface area contributed by atoms with Crippen LogP contribution in [0.3, 0.4) is 0 Å². The molecule has 164 valence electrons. The van der Waals surface area contributed by atoms with E-state index < -0.39 is 6.36 Å². The maximum atomic E-state index is 12.4. The van der Waals surface area contributed by atoms with Gasteiger partial charge in [-0.15, -0.1) is 23.4 Å². The van der Waals surface area contributed by atoms with Gasteiger partial charge >= 0.3 is 6.36 Å². The van der Waals surface area contributed by atoms with E-state index in [2.05, 4.69) is 19.8 Å². The Bertz CT molecular complexity index is 1020. The average Bonchev–Trinajstić information content (AvgIpc) is 3.36. The fourth-order valence-corrected chi connectivity index (χ4v) is 3.70. The SMILES string of the molecule is CN(C)c1ccc(-c2nnc(C3CCN(Cc4cccc(OC(F)(F)F)c4)C3)o2)cc1. The Morgan fingerprint density at radius 1 is 1.13 bits per heavy atom. The summed E-state index contributed by atoms with van der Waals surface area (Å²) >= 11 is 0. The molecule has 31 heavy (non-hydrogen) atoms. The number of likely N-dealkylation sites (tertiary alicyclic amines) is 1. The minimum Gasteiger partial charge on any atom is -0.420 e. The van der Waals surface area contributed by atoms with Crippen LogP contribution in [-0.4, -0.2) is 48.6 Å². The van der Waals surface area contributed by atoms with E-state index in [0.717, 1.165) is 29.8 Å². The number of benzene rings is 2. The molecule has 0 N–H and O–H groups in total. The third kappa shape index (κ3) is 5.35. The predicted molar refractivity (Wildman–Crippen MR) is 110 cm³/mol. The van der Waals surface area contributed by atoms with Crippen molar-refractivity contribution in [3.8, 4) is 17.2 Å². The third-order valence-electron chi connectivity index (χ3n) is 5.23. The van der Waals surface area contributed by atoms with Crippen LogP contribution in [0.15, 0.2) is 52.9 Å². The van der Waals surface area contributed by atoms with Crippen LogP contribution in [0.4, 0.5) is 18.9 Å². The van der Waals surface area contributed by atoms with Crippen LogP contribution in [0.25, 0.3) is 11.5 Å². The quantitative estimate of drug-likeness (QED) is 0.563. The summed E-state index contributed by atoms with van der Waals surface area (Å²) in [5.74, 6) is 0.957. The van der Waals surface area contributed by atoms with E-state index in [4.69, 9.17) is 4.42 Å². The zero-order chi connectivity index (χ0) is 22.0.